The first-order valence-corrected chi connectivity index (χ1v) is 5.46. The van der Waals surface area contributed by atoms with Gasteiger partial charge in [0, 0.05) is 0 Å². The van der Waals surface area contributed by atoms with E-state index in [-0.39, 0.29) is 6.17 Å². The Hall–Kier alpha value is -0.860. The minimum Gasteiger partial charge on any atom is -0.333 e. The molecule has 0 saturated heterocycles. The molecule has 0 bridgehead atoms. The van der Waals surface area contributed by atoms with Crippen LogP contribution in [0.25, 0.3) is 0 Å². The van der Waals surface area contributed by atoms with Gasteiger partial charge in [0.05, 0.1) is 0 Å². The summed E-state index contributed by atoms with van der Waals surface area (Å²) in [6.07, 6.45) is 1.35. The lowest BCUT2D eigenvalue weighted by atomic mass is 10.4. The molecule has 1 rings (SSSR count). The number of hydrogen-bond donors (Lipinski definition) is 1. The Bertz CT molecular complexity index is 165. The van der Waals surface area contributed by atoms with Gasteiger partial charge in [0.2, 0.25) is 0 Å². The van der Waals surface area contributed by atoms with Gasteiger partial charge in [-0.3, -0.25) is 0 Å². The molecule has 0 spiro atoms. The summed E-state index contributed by atoms with van der Waals surface area (Å²) in [4.78, 5) is 8.30. The second-order valence-corrected chi connectivity index (χ2v) is 2.89. The lowest BCUT2D eigenvalue weighted by Crippen LogP contribution is -2.31. The van der Waals surface area contributed by atoms with Crippen LogP contribution < -0.4 is 5.32 Å². The Morgan fingerprint density at radius 2 is 1.36 bits per heavy atom. The van der Waals surface area contributed by atoms with Crippen LogP contribution >= 0.6 is 0 Å². The first kappa shape index (κ1) is 15.6. The average molecular weight is 199 g/mol. The van der Waals surface area contributed by atoms with Crippen molar-refractivity contribution in [2.75, 3.05) is 0 Å². The maximum absolute atomic E-state index is 4.15. The molecule has 1 heterocycles. The first-order chi connectivity index (χ1) is 6.60. The van der Waals surface area contributed by atoms with E-state index in [0.717, 1.165) is 11.7 Å². The fourth-order valence-electron chi connectivity index (χ4n) is 0.916. The van der Waals surface area contributed by atoms with E-state index in [1.165, 1.54) is 6.42 Å². The van der Waals surface area contributed by atoms with Crippen molar-refractivity contribution >= 4 is 11.7 Å². The van der Waals surface area contributed by atoms with Gasteiger partial charge in [-0.25, -0.2) is 9.98 Å². The third kappa shape index (κ3) is 9.23. The maximum atomic E-state index is 4.15. The molecule has 0 aromatic heterocycles. The van der Waals surface area contributed by atoms with Crippen molar-refractivity contribution in [3.8, 4) is 0 Å². The van der Waals surface area contributed by atoms with Gasteiger partial charge in [-0.1, -0.05) is 34.1 Å². The zero-order chi connectivity index (χ0) is 11.6. The third-order valence-corrected chi connectivity index (χ3v) is 1.12. The largest absolute Gasteiger partial charge is 0.333 e. The number of aliphatic imine (C=N–C) groups is 2. The molecule has 1 N–H and O–H groups in total. The van der Waals surface area contributed by atoms with Gasteiger partial charge in [-0.2, -0.15) is 0 Å². The van der Waals surface area contributed by atoms with E-state index in [2.05, 4.69) is 29.1 Å². The van der Waals surface area contributed by atoms with Gasteiger partial charge in [0.15, 0.2) is 0 Å². The highest BCUT2D eigenvalue weighted by atomic mass is 15.2. The first-order valence-electron chi connectivity index (χ1n) is 5.46. The molecular formula is C11H25N3. The monoisotopic (exact) mass is 199 g/mol. The van der Waals surface area contributed by atoms with Crippen LogP contribution in [-0.4, -0.2) is 17.8 Å². The minimum atomic E-state index is 0.103. The number of amidine groups is 2. The average Bonchev–Trinajstić information content (AvgIpc) is 2.06. The van der Waals surface area contributed by atoms with Gasteiger partial charge in [0.25, 0.3) is 0 Å². The molecule has 0 radical (unpaired) electrons. The number of nitrogens with one attached hydrogen (secondary N) is 1. The van der Waals surface area contributed by atoms with Crippen molar-refractivity contribution in [3.63, 3.8) is 0 Å². The SMILES string of the molecule is CC.CC1=NC(C)N=C(C)N1.CCC. The summed E-state index contributed by atoms with van der Waals surface area (Å²) in [5.74, 6) is 1.91. The molecular weight excluding hydrogens is 174 g/mol. The minimum absolute atomic E-state index is 0.103. The molecule has 0 atom stereocenters. The Labute approximate surface area is 88.7 Å². The van der Waals surface area contributed by atoms with Crippen molar-refractivity contribution in [1.29, 1.82) is 0 Å². The van der Waals surface area contributed by atoms with E-state index >= 15 is 0 Å². The van der Waals surface area contributed by atoms with E-state index < -0.39 is 0 Å². The van der Waals surface area contributed by atoms with Crippen LogP contribution in [0.1, 0.15) is 54.9 Å². The second kappa shape index (κ2) is 10.2. The van der Waals surface area contributed by atoms with Crippen molar-refractivity contribution in [1.82, 2.24) is 5.32 Å². The zero-order valence-corrected chi connectivity index (χ0v) is 10.7. The Kier molecular flexibility index (Phi) is 11.4. The van der Waals surface area contributed by atoms with Gasteiger partial charge < -0.3 is 5.32 Å². The highest BCUT2D eigenvalue weighted by Crippen LogP contribution is 1.96. The summed E-state index contributed by atoms with van der Waals surface area (Å²) >= 11 is 0. The quantitative estimate of drug-likeness (QED) is 0.639. The van der Waals surface area contributed by atoms with Crippen LogP contribution in [0.5, 0.6) is 0 Å². The molecule has 0 amide bonds. The molecule has 3 heteroatoms. The molecule has 84 valence electrons. The van der Waals surface area contributed by atoms with Crippen LogP contribution in [0.15, 0.2) is 9.98 Å². The normalized spacial score (nSPS) is 14.8. The fraction of sp³-hybridized carbons (Fsp3) is 0.818. The zero-order valence-electron chi connectivity index (χ0n) is 10.7. The van der Waals surface area contributed by atoms with E-state index in [0.29, 0.717) is 0 Å². The highest BCUT2D eigenvalue weighted by molar-refractivity contribution is 5.99. The predicted molar refractivity (Wildman–Crippen MR) is 66.1 cm³/mol. The number of nitrogens with zero attached hydrogens (tertiary/aromatic N) is 2. The summed E-state index contributed by atoms with van der Waals surface area (Å²) in [5, 5.41) is 3.01. The molecule has 14 heavy (non-hydrogen) atoms. The maximum Gasteiger partial charge on any atom is 0.140 e. The molecule has 0 saturated carbocycles. The van der Waals surface area contributed by atoms with E-state index in [4.69, 9.17) is 0 Å². The summed E-state index contributed by atoms with van der Waals surface area (Å²) < 4.78 is 0. The van der Waals surface area contributed by atoms with Crippen LogP contribution in [0.4, 0.5) is 0 Å². The Balaban J connectivity index is 0. The summed E-state index contributed by atoms with van der Waals surface area (Å²) in [6, 6.07) is 0. The molecule has 0 unspecified atom stereocenters. The van der Waals surface area contributed by atoms with E-state index in [1.807, 2.05) is 34.6 Å². The smallest absolute Gasteiger partial charge is 0.140 e. The van der Waals surface area contributed by atoms with Crippen LogP contribution in [0, 0.1) is 0 Å². The van der Waals surface area contributed by atoms with E-state index in [1.54, 1.807) is 0 Å². The Morgan fingerprint density at radius 3 is 1.57 bits per heavy atom. The summed E-state index contributed by atoms with van der Waals surface area (Å²) in [7, 11) is 0. The highest BCUT2D eigenvalue weighted by Gasteiger charge is 2.03. The lowest BCUT2D eigenvalue weighted by Gasteiger charge is -2.13. The Morgan fingerprint density at radius 1 is 1.07 bits per heavy atom. The number of rotatable bonds is 0. The van der Waals surface area contributed by atoms with E-state index in [9.17, 15) is 0 Å². The van der Waals surface area contributed by atoms with Gasteiger partial charge in [-0.15, -0.1) is 0 Å². The van der Waals surface area contributed by atoms with Crippen LogP contribution in [0.2, 0.25) is 0 Å². The third-order valence-electron chi connectivity index (χ3n) is 1.12. The van der Waals surface area contributed by atoms with Gasteiger partial charge in [0.1, 0.15) is 17.8 Å². The lowest BCUT2D eigenvalue weighted by molar-refractivity contribution is 0.767. The summed E-state index contributed by atoms with van der Waals surface area (Å²) in [6.45, 7) is 14.1. The molecule has 0 aliphatic carbocycles. The van der Waals surface area contributed by atoms with Crippen LogP contribution in [-0.2, 0) is 0 Å². The van der Waals surface area contributed by atoms with Crippen LogP contribution in [0.3, 0.4) is 0 Å². The predicted octanol–water partition coefficient (Wildman–Crippen LogP) is 3.21. The molecule has 0 aromatic carbocycles. The molecule has 1 aliphatic heterocycles. The molecule has 0 fully saturated rings. The van der Waals surface area contributed by atoms with Crippen molar-refractivity contribution in [3.05, 3.63) is 0 Å². The summed E-state index contributed by atoms with van der Waals surface area (Å²) in [5.41, 5.74) is 0. The molecule has 0 aromatic rings. The van der Waals surface area contributed by atoms with Crippen molar-refractivity contribution in [2.24, 2.45) is 9.98 Å². The topological polar surface area (TPSA) is 36.8 Å². The number of hydrogen-bond acceptors (Lipinski definition) is 3. The molecule has 1 aliphatic rings. The van der Waals surface area contributed by atoms with Gasteiger partial charge >= 0.3 is 0 Å². The van der Waals surface area contributed by atoms with Gasteiger partial charge in [-0.05, 0) is 20.8 Å². The standard InChI is InChI=1S/C6H11N3.C3H8.C2H6/c1-4-7-5(2)9-6(3)8-4;1-3-2;1-2/h4H,1-3H3,(H,7,8,9);3H2,1-2H3;1-2H3. The van der Waals surface area contributed by atoms with Crippen molar-refractivity contribution < 1.29 is 0 Å². The second-order valence-electron chi connectivity index (χ2n) is 2.89. The fourth-order valence-corrected chi connectivity index (χ4v) is 0.916. The molecule has 3 nitrogen and oxygen atoms in total. The van der Waals surface area contributed by atoms with Crippen molar-refractivity contribution in [2.45, 2.75) is 61.1 Å².